The van der Waals surface area contributed by atoms with Gasteiger partial charge < -0.3 is 9.73 Å². The molecule has 2 aromatic heterocycles. The van der Waals surface area contributed by atoms with E-state index in [9.17, 15) is 9.18 Å². The van der Waals surface area contributed by atoms with Gasteiger partial charge in [0.15, 0.2) is 10.7 Å². The number of nitrogens with one attached hydrogen (secondary N) is 1. The molecule has 0 radical (unpaired) electrons. The molecule has 0 fully saturated rings. The number of fused-ring (bicyclic) bond motifs is 2. The lowest BCUT2D eigenvalue weighted by atomic mass is 10.3. The second-order valence-corrected chi connectivity index (χ2v) is 7.45. The molecule has 5 nitrogen and oxygen atoms in total. The van der Waals surface area contributed by atoms with E-state index >= 15 is 0 Å². The summed E-state index contributed by atoms with van der Waals surface area (Å²) in [6.45, 7) is 0. The third-order valence-electron chi connectivity index (χ3n) is 3.25. The fourth-order valence-corrected chi connectivity index (χ4v) is 3.89. The van der Waals surface area contributed by atoms with Crippen molar-refractivity contribution in [2.24, 2.45) is 0 Å². The Labute approximate surface area is 154 Å². The van der Waals surface area contributed by atoms with Crippen LogP contribution >= 0.6 is 34.7 Å². The van der Waals surface area contributed by atoms with Crippen molar-refractivity contribution in [3.05, 3.63) is 47.2 Å². The molecule has 1 N–H and O–H groups in total. The highest BCUT2D eigenvalue weighted by Gasteiger charge is 2.12. The lowest BCUT2D eigenvalue weighted by molar-refractivity contribution is -0.113. The van der Waals surface area contributed by atoms with Gasteiger partial charge in [0.2, 0.25) is 5.91 Å². The summed E-state index contributed by atoms with van der Waals surface area (Å²) in [5, 5.41) is 4.08. The number of benzene rings is 2. The first-order valence-electron chi connectivity index (χ1n) is 7.12. The second kappa shape index (κ2) is 6.62. The van der Waals surface area contributed by atoms with Gasteiger partial charge in [-0.2, -0.15) is 0 Å². The zero-order valence-corrected chi connectivity index (χ0v) is 14.8. The molecule has 2 heterocycles. The molecule has 0 unspecified atom stereocenters. The van der Waals surface area contributed by atoms with Crippen molar-refractivity contribution in [3.63, 3.8) is 0 Å². The van der Waals surface area contributed by atoms with Gasteiger partial charge in [-0.3, -0.25) is 4.79 Å². The van der Waals surface area contributed by atoms with E-state index in [1.165, 1.54) is 35.2 Å². The number of carbonyl (C=O) groups is 1. The summed E-state index contributed by atoms with van der Waals surface area (Å²) in [6.07, 6.45) is 0. The van der Waals surface area contributed by atoms with E-state index < -0.39 is 0 Å². The first-order valence-corrected chi connectivity index (χ1v) is 9.30. The van der Waals surface area contributed by atoms with E-state index in [0.29, 0.717) is 36.7 Å². The van der Waals surface area contributed by atoms with Gasteiger partial charge in [0.05, 0.1) is 16.0 Å². The van der Waals surface area contributed by atoms with E-state index in [2.05, 4.69) is 15.3 Å². The number of thioether (sulfide) groups is 1. The van der Waals surface area contributed by atoms with Crippen molar-refractivity contribution in [1.82, 2.24) is 9.97 Å². The third kappa shape index (κ3) is 3.60. The fraction of sp³-hybridized carbons (Fsp3) is 0.0625. The van der Waals surface area contributed by atoms with Crippen LogP contribution in [-0.2, 0) is 4.79 Å². The van der Waals surface area contributed by atoms with Gasteiger partial charge in [-0.15, -0.1) is 0 Å². The molecule has 0 aliphatic rings. The van der Waals surface area contributed by atoms with Gasteiger partial charge in [-0.25, -0.2) is 14.4 Å². The Morgan fingerprint density at radius 2 is 2.12 bits per heavy atom. The van der Waals surface area contributed by atoms with E-state index in [0.717, 1.165) is 0 Å². The highest BCUT2D eigenvalue weighted by molar-refractivity contribution is 7.99. The third-order valence-corrected chi connectivity index (χ3v) is 5.25. The molecule has 4 aromatic rings. The molecule has 0 saturated heterocycles. The molecule has 0 saturated carbocycles. The van der Waals surface area contributed by atoms with Crippen LogP contribution in [0, 0.1) is 5.82 Å². The van der Waals surface area contributed by atoms with Crippen LogP contribution in [0.2, 0.25) is 5.02 Å². The molecule has 126 valence electrons. The molecule has 1 amide bonds. The summed E-state index contributed by atoms with van der Waals surface area (Å²) >= 11 is 8.30. The molecule has 2 aromatic carbocycles. The average Bonchev–Trinajstić information content (AvgIpc) is 3.14. The highest BCUT2D eigenvalue weighted by atomic mass is 35.5. The maximum atomic E-state index is 13.2. The average molecular weight is 394 g/mol. The van der Waals surface area contributed by atoms with Crippen LogP contribution in [0.4, 0.5) is 9.52 Å². The van der Waals surface area contributed by atoms with Crippen LogP contribution in [-0.4, -0.2) is 21.6 Å². The summed E-state index contributed by atoms with van der Waals surface area (Å²) in [5.74, 6) is -0.462. The number of amides is 1. The Balaban J connectivity index is 1.42. The SMILES string of the molecule is O=C(CSc1nc2cc(Cl)ccc2o1)Nc1nc2ccc(F)cc2s1. The number of oxazole rings is 1. The van der Waals surface area contributed by atoms with Gasteiger partial charge in [0, 0.05) is 5.02 Å². The van der Waals surface area contributed by atoms with Crippen molar-refractivity contribution in [2.75, 3.05) is 11.1 Å². The molecule has 0 atom stereocenters. The minimum absolute atomic E-state index is 0.116. The summed E-state index contributed by atoms with van der Waals surface area (Å²) in [5.41, 5.74) is 1.90. The first-order chi connectivity index (χ1) is 12.1. The van der Waals surface area contributed by atoms with E-state index in [1.807, 2.05) is 0 Å². The molecule has 25 heavy (non-hydrogen) atoms. The van der Waals surface area contributed by atoms with Crippen molar-refractivity contribution in [2.45, 2.75) is 5.22 Å². The molecular weight excluding hydrogens is 385 g/mol. The number of anilines is 1. The Morgan fingerprint density at radius 1 is 1.24 bits per heavy atom. The Hall–Kier alpha value is -2.16. The second-order valence-electron chi connectivity index (χ2n) is 5.06. The number of carbonyl (C=O) groups excluding carboxylic acids is 1. The van der Waals surface area contributed by atoms with Crippen molar-refractivity contribution in [3.8, 4) is 0 Å². The standard InChI is InChI=1S/C16H9ClFN3O2S2/c17-8-1-4-12-11(5-8)20-16(23-12)24-7-14(22)21-15-19-10-3-2-9(18)6-13(10)25-15/h1-6H,7H2,(H,19,21,22). The lowest BCUT2D eigenvalue weighted by Gasteiger charge is -1.98. The van der Waals surface area contributed by atoms with Gasteiger partial charge >= 0.3 is 0 Å². The van der Waals surface area contributed by atoms with Crippen LogP contribution in [0.25, 0.3) is 21.3 Å². The summed E-state index contributed by atoms with van der Waals surface area (Å²) in [4.78, 5) is 20.6. The van der Waals surface area contributed by atoms with Crippen molar-refractivity contribution in [1.29, 1.82) is 0 Å². The number of hydrogen-bond donors (Lipinski definition) is 1. The van der Waals surface area contributed by atoms with Crippen LogP contribution in [0.15, 0.2) is 46.0 Å². The first kappa shape index (κ1) is 16.3. The number of nitrogens with zero attached hydrogens (tertiary/aromatic N) is 2. The van der Waals surface area contributed by atoms with Crippen LogP contribution < -0.4 is 5.32 Å². The van der Waals surface area contributed by atoms with Crippen LogP contribution in [0.1, 0.15) is 0 Å². The molecule has 0 aliphatic heterocycles. The van der Waals surface area contributed by atoms with E-state index in [-0.39, 0.29) is 17.5 Å². The Bertz CT molecular complexity index is 1100. The largest absolute Gasteiger partial charge is 0.431 e. The summed E-state index contributed by atoms with van der Waals surface area (Å²) < 4.78 is 19.4. The van der Waals surface area contributed by atoms with Crippen molar-refractivity contribution < 1.29 is 13.6 Å². The van der Waals surface area contributed by atoms with Gasteiger partial charge in [-0.05, 0) is 36.4 Å². The molecular formula is C16H9ClFN3O2S2. The van der Waals surface area contributed by atoms with E-state index in [1.54, 1.807) is 24.3 Å². The van der Waals surface area contributed by atoms with Crippen LogP contribution in [0.5, 0.6) is 0 Å². The molecule has 0 spiro atoms. The number of halogens is 2. The topological polar surface area (TPSA) is 68.0 Å². The summed E-state index contributed by atoms with van der Waals surface area (Å²) in [7, 11) is 0. The Kier molecular flexibility index (Phi) is 4.32. The summed E-state index contributed by atoms with van der Waals surface area (Å²) in [6, 6.07) is 9.45. The quantitative estimate of drug-likeness (QED) is 0.496. The number of hydrogen-bond acceptors (Lipinski definition) is 6. The minimum Gasteiger partial charge on any atom is -0.431 e. The normalized spacial score (nSPS) is 11.3. The number of thiazole rings is 1. The smallest absolute Gasteiger partial charge is 0.257 e. The zero-order valence-electron chi connectivity index (χ0n) is 12.5. The van der Waals surface area contributed by atoms with Gasteiger partial charge in [-0.1, -0.05) is 34.7 Å². The molecule has 0 aliphatic carbocycles. The predicted molar refractivity (Wildman–Crippen MR) is 98.0 cm³/mol. The maximum Gasteiger partial charge on any atom is 0.257 e. The Morgan fingerprint density at radius 3 is 3.00 bits per heavy atom. The lowest BCUT2D eigenvalue weighted by Crippen LogP contribution is -2.13. The highest BCUT2D eigenvalue weighted by Crippen LogP contribution is 2.28. The van der Waals surface area contributed by atoms with E-state index in [4.69, 9.17) is 16.0 Å². The molecule has 4 rings (SSSR count). The number of rotatable bonds is 4. The maximum absolute atomic E-state index is 13.2. The zero-order chi connectivity index (χ0) is 17.4. The van der Waals surface area contributed by atoms with Crippen molar-refractivity contribution >= 4 is 67.1 Å². The molecule has 9 heteroatoms. The fourth-order valence-electron chi connectivity index (χ4n) is 2.18. The predicted octanol–water partition coefficient (Wildman–Crippen LogP) is 4.96. The van der Waals surface area contributed by atoms with Crippen LogP contribution in [0.3, 0.4) is 0 Å². The number of aromatic nitrogens is 2. The monoisotopic (exact) mass is 393 g/mol. The van der Waals surface area contributed by atoms with Gasteiger partial charge in [0.1, 0.15) is 11.3 Å². The minimum atomic E-state index is -0.333. The molecule has 0 bridgehead atoms. The van der Waals surface area contributed by atoms with Gasteiger partial charge in [0.25, 0.3) is 5.22 Å².